The predicted octanol–water partition coefficient (Wildman–Crippen LogP) is 3.79. The summed E-state index contributed by atoms with van der Waals surface area (Å²) in [4.78, 5) is 28.9. The third-order valence-electron chi connectivity index (χ3n) is 4.97. The van der Waals surface area contributed by atoms with E-state index in [2.05, 4.69) is 0 Å². The van der Waals surface area contributed by atoms with Gasteiger partial charge < -0.3 is 10.0 Å². The van der Waals surface area contributed by atoms with E-state index < -0.39 is 29.5 Å². The zero-order valence-corrected chi connectivity index (χ0v) is 16.6. The number of nitrogens with zero attached hydrogens (tertiary/aromatic N) is 2. The van der Waals surface area contributed by atoms with Gasteiger partial charge in [0.2, 0.25) is 0 Å². The van der Waals surface area contributed by atoms with E-state index in [1.165, 1.54) is 9.80 Å². The summed E-state index contributed by atoms with van der Waals surface area (Å²) >= 11 is 6.34. The minimum Gasteiger partial charge on any atom is -0.389 e. The summed E-state index contributed by atoms with van der Waals surface area (Å²) in [6.45, 7) is 2.38. The van der Waals surface area contributed by atoms with E-state index in [9.17, 15) is 14.7 Å². The van der Waals surface area contributed by atoms with Crippen molar-refractivity contribution in [3.63, 3.8) is 0 Å². The largest absolute Gasteiger partial charge is 0.389 e. The van der Waals surface area contributed by atoms with E-state index in [0.29, 0.717) is 6.42 Å². The van der Waals surface area contributed by atoms with Crippen molar-refractivity contribution in [3.8, 4) is 0 Å². The van der Waals surface area contributed by atoms with Crippen LogP contribution in [0, 0.1) is 0 Å². The van der Waals surface area contributed by atoms with Gasteiger partial charge in [-0.25, -0.2) is 4.79 Å². The van der Waals surface area contributed by atoms with Crippen LogP contribution in [-0.4, -0.2) is 44.4 Å². The van der Waals surface area contributed by atoms with Crippen LogP contribution in [0.3, 0.4) is 0 Å². The summed E-state index contributed by atoms with van der Waals surface area (Å²) < 4.78 is 0. The standard InChI is InChI=1S/C22H25ClN2O3/c1-2-9-18(23)20(26)19-21(27)25(15-17-12-7-4-8-13-17)22(28)24(19)14-16-10-5-3-6-11-16/h3-8,10-13,18-20,26H,2,9,14-15H2,1H3. The Hall–Kier alpha value is -2.37. The van der Waals surface area contributed by atoms with E-state index in [1.54, 1.807) is 0 Å². The van der Waals surface area contributed by atoms with Crippen LogP contribution in [0.25, 0.3) is 0 Å². The van der Waals surface area contributed by atoms with E-state index in [0.717, 1.165) is 17.5 Å². The van der Waals surface area contributed by atoms with Gasteiger partial charge >= 0.3 is 6.03 Å². The lowest BCUT2D eigenvalue weighted by Crippen LogP contribution is -2.47. The first kappa shape index (κ1) is 20.4. The van der Waals surface area contributed by atoms with Crippen molar-refractivity contribution in [1.82, 2.24) is 9.80 Å². The molecule has 1 aliphatic heterocycles. The monoisotopic (exact) mass is 400 g/mol. The molecular formula is C22H25ClN2O3. The van der Waals surface area contributed by atoms with Crippen molar-refractivity contribution in [2.45, 2.75) is 50.4 Å². The molecule has 3 atom stereocenters. The average molecular weight is 401 g/mol. The highest BCUT2D eigenvalue weighted by Gasteiger charge is 2.49. The molecule has 0 spiro atoms. The SMILES string of the molecule is CCCC(Cl)C(O)C1C(=O)N(Cc2ccccc2)C(=O)N1Cc1ccccc1. The van der Waals surface area contributed by atoms with Crippen LogP contribution in [0.1, 0.15) is 30.9 Å². The topological polar surface area (TPSA) is 60.9 Å². The van der Waals surface area contributed by atoms with Gasteiger partial charge in [-0.1, -0.05) is 74.0 Å². The molecule has 1 aliphatic rings. The van der Waals surface area contributed by atoms with Crippen LogP contribution in [-0.2, 0) is 17.9 Å². The molecule has 1 fully saturated rings. The summed E-state index contributed by atoms with van der Waals surface area (Å²) in [6, 6.07) is 17.4. The number of alkyl halides is 1. The minimum atomic E-state index is -1.12. The molecule has 3 amide bonds. The molecule has 0 aromatic heterocycles. The van der Waals surface area contributed by atoms with Crippen molar-refractivity contribution < 1.29 is 14.7 Å². The van der Waals surface area contributed by atoms with Gasteiger partial charge in [-0.15, -0.1) is 11.6 Å². The van der Waals surface area contributed by atoms with Crippen LogP contribution < -0.4 is 0 Å². The predicted molar refractivity (Wildman–Crippen MR) is 109 cm³/mol. The van der Waals surface area contributed by atoms with Crippen LogP contribution in [0.4, 0.5) is 4.79 Å². The molecule has 0 saturated carbocycles. The number of halogens is 1. The normalized spacial score (nSPS) is 19.2. The van der Waals surface area contributed by atoms with Crippen LogP contribution >= 0.6 is 11.6 Å². The Kier molecular flexibility index (Phi) is 6.70. The summed E-state index contributed by atoms with van der Waals surface area (Å²) in [5.74, 6) is -0.404. The molecule has 1 saturated heterocycles. The van der Waals surface area contributed by atoms with Gasteiger partial charge in [0.15, 0.2) is 0 Å². The maximum atomic E-state index is 13.1. The smallest absolute Gasteiger partial charge is 0.328 e. The van der Waals surface area contributed by atoms with Crippen molar-refractivity contribution in [3.05, 3.63) is 71.8 Å². The van der Waals surface area contributed by atoms with Crippen LogP contribution in [0.15, 0.2) is 60.7 Å². The lowest BCUT2D eigenvalue weighted by Gasteiger charge is -2.28. The Morgan fingerprint density at radius 3 is 2.04 bits per heavy atom. The van der Waals surface area contributed by atoms with Crippen molar-refractivity contribution in [2.75, 3.05) is 0 Å². The molecule has 2 aromatic carbocycles. The lowest BCUT2D eigenvalue weighted by atomic mass is 10.0. The van der Waals surface area contributed by atoms with Gasteiger partial charge in [-0.05, 0) is 17.5 Å². The number of aliphatic hydroxyl groups is 1. The van der Waals surface area contributed by atoms with Gasteiger partial charge in [-0.3, -0.25) is 9.69 Å². The maximum Gasteiger partial charge on any atom is 0.328 e. The van der Waals surface area contributed by atoms with Crippen molar-refractivity contribution in [1.29, 1.82) is 0 Å². The first-order chi connectivity index (χ1) is 13.5. The molecule has 148 valence electrons. The van der Waals surface area contributed by atoms with Gasteiger partial charge in [0, 0.05) is 6.54 Å². The highest BCUT2D eigenvalue weighted by molar-refractivity contribution is 6.21. The van der Waals surface area contributed by atoms with E-state index >= 15 is 0 Å². The molecule has 0 aliphatic carbocycles. The number of imide groups is 1. The maximum absolute atomic E-state index is 13.1. The third-order valence-corrected chi connectivity index (χ3v) is 5.45. The van der Waals surface area contributed by atoms with Gasteiger partial charge in [0.05, 0.1) is 18.0 Å². The number of benzene rings is 2. The quantitative estimate of drug-likeness (QED) is 0.541. The number of carbonyl (C=O) groups excluding carboxylic acids is 2. The third kappa shape index (κ3) is 4.37. The van der Waals surface area contributed by atoms with E-state index in [4.69, 9.17) is 11.6 Å². The number of hydrogen-bond donors (Lipinski definition) is 1. The second kappa shape index (κ2) is 9.22. The molecule has 5 nitrogen and oxygen atoms in total. The molecule has 0 radical (unpaired) electrons. The molecule has 2 aromatic rings. The van der Waals surface area contributed by atoms with Crippen LogP contribution in [0.2, 0.25) is 0 Å². The Morgan fingerprint density at radius 2 is 1.50 bits per heavy atom. The molecule has 0 bridgehead atoms. The second-order valence-corrected chi connectivity index (χ2v) is 7.61. The second-order valence-electron chi connectivity index (χ2n) is 7.05. The Morgan fingerprint density at radius 1 is 0.964 bits per heavy atom. The van der Waals surface area contributed by atoms with Gasteiger partial charge in [0.25, 0.3) is 5.91 Å². The summed E-state index contributed by atoms with van der Waals surface area (Å²) in [5, 5.41) is 10.2. The number of hydrogen-bond acceptors (Lipinski definition) is 3. The van der Waals surface area contributed by atoms with Crippen LogP contribution in [0.5, 0.6) is 0 Å². The number of rotatable bonds is 8. The Balaban J connectivity index is 1.88. The van der Waals surface area contributed by atoms with Crippen molar-refractivity contribution >= 4 is 23.5 Å². The molecule has 1 heterocycles. The number of carbonyl (C=O) groups is 2. The molecule has 1 N–H and O–H groups in total. The summed E-state index contributed by atoms with van der Waals surface area (Å²) in [5.41, 5.74) is 1.75. The fraction of sp³-hybridized carbons (Fsp3) is 0.364. The first-order valence-corrected chi connectivity index (χ1v) is 9.98. The highest BCUT2D eigenvalue weighted by Crippen LogP contribution is 2.28. The average Bonchev–Trinajstić information content (AvgIpc) is 2.93. The Bertz CT molecular complexity index is 800. The summed E-state index contributed by atoms with van der Waals surface area (Å²) in [6.07, 6.45) is 0.230. The molecule has 3 rings (SSSR count). The zero-order chi connectivity index (χ0) is 20.1. The van der Waals surface area contributed by atoms with Crippen molar-refractivity contribution in [2.24, 2.45) is 0 Å². The lowest BCUT2D eigenvalue weighted by molar-refractivity contribution is -0.131. The molecular weight excluding hydrogens is 376 g/mol. The fourth-order valence-corrected chi connectivity index (χ4v) is 3.85. The fourth-order valence-electron chi connectivity index (χ4n) is 3.49. The van der Waals surface area contributed by atoms with Gasteiger partial charge in [0.1, 0.15) is 6.04 Å². The molecule has 3 unspecified atom stereocenters. The van der Waals surface area contributed by atoms with Gasteiger partial charge in [-0.2, -0.15) is 0 Å². The highest BCUT2D eigenvalue weighted by atomic mass is 35.5. The number of amides is 3. The Labute approximate surface area is 170 Å². The number of urea groups is 1. The number of aliphatic hydroxyl groups excluding tert-OH is 1. The first-order valence-electron chi connectivity index (χ1n) is 9.55. The van der Waals surface area contributed by atoms with E-state index in [-0.39, 0.29) is 13.1 Å². The zero-order valence-electron chi connectivity index (χ0n) is 15.9. The minimum absolute atomic E-state index is 0.174. The molecule has 28 heavy (non-hydrogen) atoms. The van der Waals surface area contributed by atoms with E-state index in [1.807, 2.05) is 67.6 Å². The molecule has 6 heteroatoms. The summed E-state index contributed by atoms with van der Waals surface area (Å²) in [7, 11) is 0.